The SMILES string of the molecule is CCc1ccc(-n2nc(C)c3c(C)cc(=O)oc32)cc1. The summed E-state index contributed by atoms with van der Waals surface area (Å²) in [6.07, 6.45) is 0.993. The molecule has 2 heterocycles. The molecule has 0 aliphatic heterocycles. The van der Waals surface area contributed by atoms with Crippen LogP contribution < -0.4 is 5.63 Å². The van der Waals surface area contributed by atoms with Crippen molar-refractivity contribution in [2.24, 2.45) is 0 Å². The van der Waals surface area contributed by atoms with Crippen LogP contribution in [0.1, 0.15) is 23.7 Å². The molecule has 0 radical (unpaired) electrons. The van der Waals surface area contributed by atoms with Crippen molar-refractivity contribution in [2.45, 2.75) is 27.2 Å². The molecule has 4 nitrogen and oxygen atoms in total. The van der Waals surface area contributed by atoms with E-state index < -0.39 is 0 Å². The van der Waals surface area contributed by atoms with Gasteiger partial charge in [0.25, 0.3) is 0 Å². The molecule has 3 aromatic rings. The van der Waals surface area contributed by atoms with Crippen molar-refractivity contribution < 1.29 is 4.42 Å². The van der Waals surface area contributed by atoms with Gasteiger partial charge in [0.15, 0.2) is 0 Å². The van der Waals surface area contributed by atoms with Crippen LogP contribution in [0.4, 0.5) is 0 Å². The molecule has 0 fully saturated rings. The number of hydrogen-bond acceptors (Lipinski definition) is 3. The first-order valence-corrected chi connectivity index (χ1v) is 6.69. The van der Waals surface area contributed by atoms with Crippen LogP contribution in [0.2, 0.25) is 0 Å². The van der Waals surface area contributed by atoms with E-state index in [-0.39, 0.29) is 5.63 Å². The van der Waals surface area contributed by atoms with Crippen molar-refractivity contribution in [3.63, 3.8) is 0 Å². The van der Waals surface area contributed by atoms with Crippen molar-refractivity contribution in [3.8, 4) is 5.69 Å². The van der Waals surface area contributed by atoms with Gasteiger partial charge in [-0.3, -0.25) is 0 Å². The third-order valence-electron chi connectivity index (χ3n) is 3.53. The lowest BCUT2D eigenvalue weighted by molar-refractivity contribution is 0.534. The highest BCUT2D eigenvalue weighted by Crippen LogP contribution is 2.23. The van der Waals surface area contributed by atoms with E-state index >= 15 is 0 Å². The molecule has 3 rings (SSSR count). The summed E-state index contributed by atoms with van der Waals surface area (Å²) in [5.74, 6) is 0. The summed E-state index contributed by atoms with van der Waals surface area (Å²) < 4.78 is 7.04. The summed E-state index contributed by atoms with van der Waals surface area (Å²) in [6, 6.07) is 9.61. The lowest BCUT2D eigenvalue weighted by Crippen LogP contribution is -2.01. The van der Waals surface area contributed by atoms with Gasteiger partial charge in [-0.05, 0) is 43.5 Å². The van der Waals surface area contributed by atoms with Gasteiger partial charge in [0.2, 0.25) is 5.71 Å². The van der Waals surface area contributed by atoms with Gasteiger partial charge >= 0.3 is 5.63 Å². The maximum absolute atomic E-state index is 11.6. The summed E-state index contributed by atoms with van der Waals surface area (Å²) in [4.78, 5) is 11.6. The highest BCUT2D eigenvalue weighted by Gasteiger charge is 2.14. The number of hydrogen-bond donors (Lipinski definition) is 0. The van der Waals surface area contributed by atoms with Crippen molar-refractivity contribution >= 4 is 11.1 Å². The van der Waals surface area contributed by atoms with Crippen LogP contribution in [0, 0.1) is 13.8 Å². The average Bonchev–Trinajstić information content (AvgIpc) is 2.76. The van der Waals surface area contributed by atoms with Crippen molar-refractivity contribution in [1.82, 2.24) is 9.78 Å². The maximum Gasteiger partial charge on any atom is 0.337 e. The van der Waals surface area contributed by atoms with Gasteiger partial charge in [0, 0.05) is 6.07 Å². The zero-order valence-corrected chi connectivity index (χ0v) is 11.8. The fraction of sp³-hybridized carbons (Fsp3) is 0.250. The van der Waals surface area contributed by atoms with Gasteiger partial charge in [0.1, 0.15) is 0 Å². The first-order valence-electron chi connectivity index (χ1n) is 6.69. The summed E-state index contributed by atoms with van der Waals surface area (Å²) >= 11 is 0. The van der Waals surface area contributed by atoms with Gasteiger partial charge in [-0.15, -0.1) is 0 Å². The second kappa shape index (κ2) is 4.63. The first kappa shape index (κ1) is 12.7. The van der Waals surface area contributed by atoms with Crippen LogP contribution >= 0.6 is 0 Å². The molecule has 102 valence electrons. The van der Waals surface area contributed by atoms with Crippen LogP contribution in [-0.2, 0) is 6.42 Å². The Morgan fingerprint density at radius 1 is 1.20 bits per heavy atom. The third kappa shape index (κ3) is 1.93. The number of nitrogens with zero attached hydrogens (tertiary/aromatic N) is 2. The molecule has 20 heavy (non-hydrogen) atoms. The molecule has 0 aliphatic carbocycles. The molecule has 0 bridgehead atoms. The molecule has 2 aromatic heterocycles. The minimum Gasteiger partial charge on any atom is -0.403 e. The Balaban J connectivity index is 2.28. The molecule has 0 unspecified atom stereocenters. The standard InChI is InChI=1S/C16H16N2O2/c1-4-12-5-7-13(8-6-12)18-16-15(11(3)17-18)10(2)9-14(19)20-16/h5-9H,4H2,1-3H3. The van der Waals surface area contributed by atoms with Crippen LogP contribution in [0.3, 0.4) is 0 Å². The van der Waals surface area contributed by atoms with E-state index in [9.17, 15) is 4.79 Å². The zero-order chi connectivity index (χ0) is 14.3. The van der Waals surface area contributed by atoms with Crippen LogP contribution in [-0.4, -0.2) is 9.78 Å². The molecule has 4 heteroatoms. The molecule has 1 aromatic carbocycles. The molecule has 0 N–H and O–H groups in total. The normalized spacial score (nSPS) is 11.2. The Morgan fingerprint density at radius 2 is 1.90 bits per heavy atom. The quantitative estimate of drug-likeness (QED) is 0.717. The van der Waals surface area contributed by atoms with E-state index in [0.29, 0.717) is 5.71 Å². The number of aryl methyl sites for hydroxylation is 3. The lowest BCUT2D eigenvalue weighted by atomic mass is 10.1. The predicted molar refractivity (Wildman–Crippen MR) is 78.5 cm³/mol. The Morgan fingerprint density at radius 3 is 2.55 bits per heavy atom. The predicted octanol–water partition coefficient (Wildman–Crippen LogP) is 3.16. The van der Waals surface area contributed by atoms with E-state index in [0.717, 1.165) is 28.8 Å². The van der Waals surface area contributed by atoms with Crippen molar-refractivity contribution in [3.05, 3.63) is 57.6 Å². The number of fused-ring (bicyclic) bond motifs is 1. The second-order valence-electron chi connectivity index (χ2n) is 4.95. The molecule has 0 amide bonds. The van der Waals surface area contributed by atoms with E-state index in [2.05, 4.69) is 24.2 Å². The molecule has 0 saturated carbocycles. The highest BCUT2D eigenvalue weighted by atomic mass is 16.4. The Bertz CT molecular complexity index is 826. The second-order valence-corrected chi connectivity index (χ2v) is 4.95. The number of benzene rings is 1. The van der Waals surface area contributed by atoms with E-state index in [1.165, 1.54) is 11.6 Å². The van der Waals surface area contributed by atoms with Gasteiger partial charge in [-0.25, -0.2) is 4.79 Å². The van der Waals surface area contributed by atoms with Crippen LogP contribution in [0.25, 0.3) is 16.8 Å². The Labute approximate surface area is 116 Å². The van der Waals surface area contributed by atoms with Crippen LogP contribution in [0.15, 0.2) is 39.5 Å². The number of rotatable bonds is 2. The third-order valence-corrected chi connectivity index (χ3v) is 3.53. The van der Waals surface area contributed by atoms with E-state index in [1.807, 2.05) is 26.0 Å². The van der Waals surface area contributed by atoms with E-state index in [4.69, 9.17) is 4.42 Å². The molecular weight excluding hydrogens is 252 g/mol. The summed E-state index contributed by atoms with van der Waals surface area (Å²) in [5.41, 5.74) is 4.08. The van der Waals surface area contributed by atoms with Gasteiger partial charge in [-0.2, -0.15) is 9.78 Å². The minimum atomic E-state index is -0.346. The number of aromatic nitrogens is 2. The topological polar surface area (TPSA) is 48.0 Å². The molecular formula is C16H16N2O2. The maximum atomic E-state index is 11.6. The molecule has 0 spiro atoms. The zero-order valence-electron chi connectivity index (χ0n) is 11.8. The molecule has 0 saturated heterocycles. The fourth-order valence-electron chi connectivity index (χ4n) is 2.48. The molecule has 0 aliphatic rings. The van der Waals surface area contributed by atoms with Gasteiger partial charge in [-0.1, -0.05) is 19.1 Å². The fourth-order valence-corrected chi connectivity index (χ4v) is 2.48. The molecule has 0 atom stereocenters. The van der Waals surface area contributed by atoms with Crippen LogP contribution in [0.5, 0.6) is 0 Å². The Hall–Kier alpha value is -2.36. The Kier molecular flexibility index (Phi) is 2.93. The van der Waals surface area contributed by atoms with E-state index in [1.54, 1.807) is 4.68 Å². The summed E-state index contributed by atoms with van der Waals surface area (Å²) in [5, 5.41) is 5.41. The minimum absolute atomic E-state index is 0.346. The average molecular weight is 268 g/mol. The monoisotopic (exact) mass is 268 g/mol. The summed E-state index contributed by atoms with van der Waals surface area (Å²) in [6.45, 7) is 5.94. The first-order chi connectivity index (χ1) is 9.60. The van der Waals surface area contributed by atoms with Gasteiger partial charge < -0.3 is 4.42 Å². The lowest BCUT2D eigenvalue weighted by Gasteiger charge is -2.03. The van der Waals surface area contributed by atoms with Crippen molar-refractivity contribution in [2.75, 3.05) is 0 Å². The smallest absolute Gasteiger partial charge is 0.337 e. The van der Waals surface area contributed by atoms with Crippen molar-refractivity contribution in [1.29, 1.82) is 0 Å². The van der Waals surface area contributed by atoms with Gasteiger partial charge in [0.05, 0.1) is 16.8 Å². The largest absolute Gasteiger partial charge is 0.403 e. The summed E-state index contributed by atoms with van der Waals surface area (Å²) in [7, 11) is 0. The highest BCUT2D eigenvalue weighted by molar-refractivity contribution is 5.81.